The molecule has 0 bridgehead atoms. The van der Waals surface area contributed by atoms with Gasteiger partial charge in [0.15, 0.2) is 0 Å². The van der Waals surface area contributed by atoms with Gasteiger partial charge < -0.3 is 18.9 Å². The van der Waals surface area contributed by atoms with Gasteiger partial charge in [-0.3, -0.25) is 0 Å². The summed E-state index contributed by atoms with van der Waals surface area (Å²) in [6, 6.07) is 26.0. The molecule has 0 N–H and O–H groups in total. The minimum Gasteiger partial charge on any atom is -0.494 e. The molecule has 0 spiro atoms. The number of hydrogen-bond donors (Lipinski definition) is 0. The highest BCUT2D eigenvalue weighted by Crippen LogP contribution is 2.32. The van der Waals surface area contributed by atoms with Crippen molar-refractivity contribution in [3.8, 4) is 23.0 Å². The van der Waals surface area contributed by atoms with Crippen LogP contribution in [0.3, 0.4) is 0 Å². The van der Waals surface area contributed by atoms with E-state index < -0.39 is 19.7 Å². The van der Waals surface area contributed by atoms with Gasteiger partial charge in [-0.2, -0.15) is 0 Å². The molecule has 0 aliphatic carbocycles. The van der Waals surface area contributed by atoms with E-state index in [1.165, 1.54) is 24.3 Å². The van der Waals surface area contributed by atoms with Gasteiger partial charge in [0, 0.05) is 0 Å². The lowest BCUT2D eigenvalue weighted by atomic mass is 10.2. The zero-order valence-corrected chi connectivity index (χ0v) is 27.6. The Bertz CT molecular complexity index is 1750. The Balaban J connectivity index is 1.25. The largest absolute Gasteiger partial charge is 0.494 e. The van der Waals surface area contributed by atoms with Gasteiger partial charge in [0.2, 0.25) is 19.7 Å². The van der Waals surface area contributed by atoms with Gasteiger partial charge in [0.25, 0.3) is 0 Å². The van der Waals surface area contributed by atoms with Crippen molar-refractivity contribution in [2.75, 3.05) is 13.2 Å². The van der Waals surface area contributed by atoms with Crippen molar-refractivity contribution in [3.05, 3.63) is 97.1 Å². The average Bonchev–Trinajstić information content (AvgIpc) is 3.01. The summed E-state index contributed by atoms with van der Waals surface area (Å²) in [6.45, 7) is 8.31. The van der Waals surface area contributed by atoms with Gasteiger partial charge in [0.05, 0.1) is 35.2 Å². The fourth-order valence-corrected chi connectivity index (χ4v) is 7.29. The van der Waals surface area contributed by atoms with Gasteiger partial charge in [0.1, 0.15) is 32.8 Å². The van der Waals surface area contributed by atoms with Crippen LogP contribution in [0, 0.1) is 0 Å². The van der Waals surface area contributed by atoms with Crippen LogP contribution < -0.4 is 18.9 Å². The van der Waals surface area contributed by atoms with Gasteiger partial charge in [-0.25, -0.2) is 16.8 Å². The Labute approximate surface area is 266 Å². The lowest BCUT2D eigenvalue weighted by Gasteiger charge is -2.14. The van der Waals surface area contributed by atoms with Gasteiger partial charge in [-0.05, 0) is 120 Å². The third kappa shape index (κ3) is 9.02. The van der Waals surface area contributed by atoms with Crippen LogP contribution in [0.5, 0.6) is 23.0 Å². The molecule has 0 unspecified atom stereocenters. The van der Waals surface area contributed by atoms with Crippen LogP contribution >= 0.6 is 0 Å². The zero-order chi connectivity index (χ0) is 32.5. The number of para-hydroxylation sites is 2. The number of ether oxygens (including phenoxy) is 4. The molecule has 45 heavy (non-hydrogen) atoms. The molecule has 4 rings (SSSR count). The Hall–Kier alpha value is -4.02. The average molecular weight is 653 g/mol. The molecule has 0 aromatic heterocycles. The van der Waals surface area contributed by atoms with Crippen molar-refractivity contribution in [2.45, 2.75) is 78.7 Å². The van der Waals surface area contributed by atoms with Crippen molar-refractivity contribution in [1.29, 1.82) is 0 Å². The predicted octanol–water partition coefficient (Wildman–Crippen LogP) is 7.55. The molecule has 0 saturated heterocycles. The number of benzene rings is 4. The Morgan fingerprint density at radius 1 is 0.489 bits per heavy atom. The summed E-state index contributed by atoms with van der Waals surface area (Å²) in [6.07, 6.45) is 2.08. The number of sulfone groups is 2. The third-order valence-electron chi connectivity index (χ3n) is 6.59. The molecule has 0 fully saturated rings. The molecule has 0 aliphatic heterocycles. The van der Waals surface area contributed by atoms with Crippen molar-refractivity contribution in [3.63, 3.8) is 0 Å². The molecule has 0 heterocycles. The minimum atomic E-state index is -3.78. The first-order valence-electron chi connectivity index (χ1n) is 15.0. The number of hydrogen-bond acceptors (Lipinski definition) is 8. The lowest BCUT2D eigenvalue weighted by molar-refractivity contribution is 0.236. The van der Waals surface area contributed by atoms with Crippen molar-refractivity contribution < 1.29 is 35.8 Å². The summed E-state index contributed by atoms with van der Waals surface area (Å²) in [7, 11) is -7.54. The van der Waals surface area contributed by atoms with Gasteiger partial charge in [-0.1, -0.05) is 24.3 Å². The van der Waals surface area contributed by atoms with E-state index in [2.05, 4.69) is 0 Å². The normalized spacial score (nSPS) is 11.9. The van der Waals surface area contributed by atoms with Crippen LogP contribution in [0.15, 0.2) is 117 Å². The van der Waals surface area contributed by atoms with E-state index in [1.807, 2.05) is 27.7 Å². The van der Waals surface area contributed by atoms with Crippen LogP contribution in [0.4, 0.5) is 0 Å². The standard InChI is InChI=1S/C35H40O8S2/c1-26(2)42-29-18-22-31(23-19-29)44(36,37)34-14-8-6-12-32(34)41-25-11-5-10-24-40-28-16-20-30(21-17-28)45(38,39)35-15-9-7-13-33(35)43-27(3)4/h6-9,12-23,26-27H,5,10-11,24-25H2,1-4H3. The number of rotatable bonds is 16. The molecule has 0 saturated carbocycles. The van der Waals surface area contributed by atoms with Crippen molar-refractivity contribution in [1.82, 2.24) is 0 Å². The first-order valence-corrected chi connectivity index (χ1v) is 17.9. The predicted molar refractivity (Wildman–Crippen MR) is 173 cm³/mol. The van der Waals surface area contributed by atoms with Crippen molar-refractivity contribution >= 4 is 19.7 Å². The molecule has 4 aromatic carbocycles. The quantitative estimate of drug-likeness (QED) is 0.114. The first kappa shape index (κ1) is 33.9. The maximum absolute atomic E-state index is 13.3. The summed E-state index contributed by atoms with van der Waals surface area (Å²) in [5, 5.41) is 0. The fraction of sp³-hybridized carbons (Fsp3) is 0.314. The SMILES string of the molecule is CC(C)Oc1ccc(S(=O)(=O)c2ccccc2OCCCCCOc2ccc(S(=O)(=O)c3ccccc3OC(C)C)cc2)cc1. The lowest BCUT2D eigenvalue weighted by Crippen LogP contribution is -2.10. The molecule has 0 amide bonds. The molecule has 0 radical (unpaired) electrons. The molecule has 240 valence electrons. The molecule has 8 nitrogen and oxygen atoms in total. The second-order valence-corrected chi connectivity index (χ2v) is 14.8. The maximum Gasteiger partial charge on any atom is 0.210 e. The van der Waals surface area contributed by atoms with Gasteiger partial charge >= 0.3 is 0 Å². The second-order valence-electron chi connectivity index (χ2n) is 10.9. The summed E-state index contributed by atoms with van der Waals surface area (Å²) in [5.41, 5.74) is 0. The molecule has 4 aromatic rings. The summed E-state index contributed by atoms with van der Waals surface area (Å²) < 4.78 is 76.1. The molecular formula is C35H40O8S2. The maximum atomic E-state index is 13.3. The van der Waals surface area contributed by atoms with Crippen molar-refractivity contribution in [2.24, 2.45) is 0 Å². The van der Waals surface area contributed by atoms with E-state index in [-0.39, 0.29) is 31.8 Å². The van der Waals surface area contributed by atoms with E-state index in [1.54, 1.807) is 72.8 Å². The molecular weight excluding hydrogens is 613 g/mol. The minimum absolute atomic E-state index is 0.00881. The first-order chi connectivity index (χ1) is 21.5. The van der Waals surface area contributed by atoms with E-state index in [0.29, 0.717) is 42.6 Å². The van der Waals surface area contributed by atoms with Crippen LogP contribution in [-0.4, -0.2) is 42.3 Å². The van der Waals surface area contributed by atoms with E-state index in [4.69, 9.17) is 18.9 Å². The monoisotopic (exact) mass is 652 g/mol. The molecule has 0 atom stereocenters. The summed E-state index contributed by atoms with van der Waals surface area (Å²) in [4.78, 5) is 0.571. The Morgan fingerprint density at radius 3 is 1.47 bits per heavy atom. The Kier molecular flexibility index (Phi) is 11.5. The van der Waals surface area contributed by atoms with Crippen LogP contribution in [0.2, 0.25) is 0 Å². The highest BCUT2D eigenvalue weighted by atomic mass is 32.2. The van der Waals surface area contributed by atoms with Crippen LogP contribution in [-0.2, 0) is 19.7 Å². The topological polar surface area (TPSA) is 105 Å². The molecule has 10 heteroatoms. The van der Waals surface area contributed by atoms with Gasteiger partial charge in [-0.15, -0.1) is 0 Å². The van der Waals surface area contributed by atoms with E-state index >= 15 is 0 Å². The van der Waals surface area contributed by atoms with Crippen LogP contribution in [0.25, 0.3) is 0 Å². The van der Waals surface area contributed by atoms with E-state index in [0.717, 1.165) is 12.8 Å². The molecule has 0 aliphatic rings. The van der Waals surface area contributed by atoms with Crippen LogP contribution in [0.1, 0.15) is 47.0 Å². The zero-order valence-electron chi connectivity index (χ0n) is 26.0. The Morgan fingerprint density at radius 2 is 0.933 bits per heavy atom. The second kappa shape index (κ2) is 15.3. The third-order valence-corrected chi connectivity index (χ3v) is 10.2. The smallest absolute Gasteiger partial charge is 0.210 e. The number of unbranched alkanes of at least 4 members (excludes halogenated alkanes) is 2. The highest BCUT2D eigenvalue weighted by Gasteiger charge is 2.23. The van der Waals surface area contributed by atoms with E-state index in [9.17, 15) is 16.8 Å². The summed E-state index contributed by atoms with van der Waals surface area (Å²) >= 11 is 0. The highest BCUT2D eigenvalue weighted by molar-refractivity contribution is 7.92. The summed E-state index contributed by atoms with van der Waals surface area (Å²) in [5.74, 6) is 1.81. The fourth-order valence-electron chi connectivity index (χ4n) is 4.51.